The van der Waals surface area contributed by atoms with Gasteiger partial charge in [0.1, 0.15) is 17.6 Å². The van der Waals surface area contributed by atoms with Crippen LogP contribution in [0.1, 0.15) is 29.6 Å². The van der Waals surface area contributed by atoms with Gasteiger partial charge in [-0.2, -0.15) is 22.7 Å². The van der Waals surface area contributed by atoms with Gasteiger partial charge in [0.2, 0.25) is 10.0 Å². The minimum atomic E-state index is -4.70. The molecule has 3 rings (SSSR count). The molecule has 2 aromatic rings. The van der Waals surface area contributed by atoms with Gasteiger partial charge in [0.25, 0.3) is 0 Å². The molecular formula is C18H14F4N2O3S. The first-order valence-electron chi connectivity index (χ1n) is 8.02. The van der Waals surface area contributed by atoms with Crippen LogP contribution in [-0.4, -0.2) is 26.0 Å². The van der Waals surface area contributed by atoms with Gasteiger partial charge in [-0.05, 0) is 47.5 Å². The van der Waals surface area contributed by atoms with Crippen molar-refractivity contribution in [1.82, 2.24) is 4.31 Å². The molecule has 1 heterocycles. The fourth-order valence-electron chi connectivity index (χ4n) is 3.26. The zero-order chi connectivity index (χ0) is 20.7. The Morgan fingerprint density at radius 3 is 2.32 bits per heavy atom. The highest BCUT2D eigenvalue weighted by Gasteiger charge is 2.50. The Balaban J connectivity index is 2.16. The quantitative estimate of drug-likeness (QED) is 0.707. The van der Waals surface area contributed by atoms with Crippen molar-refractivity contribution in [2.24, 2.45) is 0 Å². The summed E-state index contributed by atoms with van der Waals surface area (Å²) in [6.45, 7) is 0. The minimum Gasteiger partial charge on any atom is -0.497 e. The minimum absolute atomic E-state index is 0.0395. The van der Waals surface area contributed by atoms with E-state index >= 15 is 0 Å². The molecule has 28 heavy (non-hydrogen) atoms. The maximum absolute atomic E-state index is 13.7. The number of halogens is 4. The first-order chi connectivity index (χ1) is 13.1. The fourth-order valence-corrected chi connectivity index (χ4v) is 4.95. The van der Waals surface area contributed by atoms with E-state index in [0.717, 1.165) is 18.2 Å². The molecule has 5 nitrogen and oxygen atoms in total. The first-order valence-corrected chi connectivity index (χ1v) is 9.46. The molecule has 1 aliphatic heterocycles. The lowest BCUT2D eigenvalue weighted by atomic mass is 10.0. The number of benzene rings is 2. The zero-order valence-electron chi connectivity index (χ0n) is 14.4. The molecular weight excluding hydrogens is 400 g/mol. The third-order valence-corrected chi connectivity index (χ3v) is 6.33. The molecule has 0 saturated carbocycles. The molecule has 0 aromatic heterocycles. The highest BCUT2D eigenvalue weighted by Crippen LogP contribution is 2.49. The highest BCUT2D eigenvalue weighted by molar-refractivity contribution is 7.89. The molecule has 2 atom stereocenters. The molecule has 2 aromatic carbocycles. The number of hydrogen-bond donors (Lipinski definition) is 0. The Morgan fingerprint density at radius 2 is 1.79 bits per heavy atom. The van der Waals surface area contributed by atoms with Crippen LogP contribution >= 0.6 is 0 Å². The number of ether oxygens (including phenoxy) is 1. The Kier molecular flexibility index (Phi) is 5.08. The summed E-state index contributed by atoms with van der Waals surface area (Å²) in [5.41, 5.74) is -0.129. The van der Waals surface area contributed by atoms with E-state index in [1.807, 2.05) is 0 Å². The number of nitriles is 1. The maximum atomic E-state index is 13.7. The molecule has 148 valence electrons. The standard InChI is InChI=1S/C18H14F4N2O3S/c1-27-12-3-5-13(6-4-12)28(25,26)24-16(9-18(20,21)22)14-7-2-11(19)8-15(14)17(24)10-23/h2-8,16-17H,9H2,1H3/t16-,17+/m0/s1. The van der Waals surface area contributed by atoms with Crippen molar-refractivity contribution < 1.29 is 30.7 Å². The highest BCUT2D eigenvalue weighted by atomic mass is 32.2. The second kappa shape index (κ2) is 7.07. The van der Waals surface area contributed by atoms with Crippen molar-refractivity contribution in [3.05, 3.63) is 59.4 Å². The van der Waals surface area contributed by atoms with Gasteiger partial charge < -0.3 is 4.74 Å². The SMILES string of the molecule is COc1ccc(S(=O)(=O)N2[C@H](C#N)c3cc(F)ccc3[C@@H]2CC(F)(F)F)cc1. The largest absolute Gasteiger partial charge is 0.497 e. The third kappa shape index (κ3) is 3.55. The van der Waals surface area contributed by atoms with Gasteiger partial charge in [-0.3, -0.25) is 0 Å². The maximum Gasteiger partial charge on any atom is 0.390 e. The van der Waals surface area contributed by atoms with Gasteiger partial charge >= 0.3 is 6.18 Å². The van der Waals surface area contributed by atoms with Crippen LogP contribution in [0, 0.1) is 17.1 Å². The normalized spacial score (nSPS) is 19.9. The molecule has 0 radical (unpaired) electrons. The molecule has 10 heteroatoms. The Hall–Kier alpha value is -2.64. The molecule has 0 amide bonds. The predicted molar refractivity (Wildman–Crippen MR) is 90.2 cm³/mol. The van der Waals surface area contributed by atoms with Crippen LogP contribution in [0.25, 0.3) is 0 Å². The molecule has 1 aliphatic rings. The lowest BCUT2D eigenvalue weighted by molar-refractivity contribution is -0.144. The Bertz CT molecular complexity index is 1030. The molecule has 0 saturated heterocycles. The average molecular weight is 414 g/mol. The molecule has 0 aliphatic carbocycles. The van der Waals surface area contributed by atoms with Crippen LogP contribution in [0.3, 0.4) is 0 Å². The number of sulfonamides is 1. The van der Waals surface area contributed by atoms with E-state index in [-0.39, 0.29) is 16.0 Å². The van der Waals surface area contributed by atoms with E-state index in [1.165, 1.54) is 31.4 Å². The van der Waals surface area contributed by atoms with Crippen molar-refractivity contribution in [3.8, 4) is 11.8 Å². The first kappa shape index (κ1) is 20.1. The number of hydrogen-bond acceptors (Lipinski definition) is 4. The van der Waals surface area contributed by atoms with E-state index in [9.17, 15) is 31.2 Å². The molecule has 0 bridgehead atoms. The summed E-state index contributed by atoms with van der Waals surface area (Å²) in [5, 5.41) is 9.50. The Labute approximate surface area is 158 Å². The van der Waals surface area contributed by atoms with Crippen LogP contribution in [0.15, 0.2) is 47.4 Å². The van der Waals surface area contributed by atoms with Crippen molar-refractivity contribution in [3.63, 3.8) is 0 Å². The number of nitrogens with zero attached hydrogens (tertiary/aromatic N) is 2. The van der Waals surface area contributed by atoms with E-state index in [2.05, 4.69) is 0 Å². The van der Waals surface area contributed by atoms with Crippen LogP contribution in [0.4, 0.5) is 17.6 Å². The van der Waals surface area contributed by atoms with Gasteiger partial charge in [-0.1, -0.05) is 6.07 Å². The van der Waals surface area contributed by atoms with E-state index in [1.54, 1.807) is 6.07 Å². The molecule has 0 spiro atoms. The lowest BCUT2D eigenvalue weighted by Crippen LogP contribution is -2.34. The number of rotatable bonds is 4. The number of fused-ring (bicyclic) bond motifs is 1. The molecule has 0 unspecified atom stereocenters. The van der Waals surface area contributed by atoms with Crippen LogP contribution in [-0.2, 0) is 10.0 Å². The predicted octanol–water partition coefficient (Wildman–Crippen LogP) is 4.10. The second-order valence-electron chi connectivity index (χ2n) is 6.15. The summed E-state index contributed by atoms with van der Waals surface area (Å²) >= 11 is 0. The number of methoxy groups -OCH3 is 1. The van der Waals surface area contributed by atoms with Gasteiger partial charge in [0, 0.05) is 0 Å². The summed E-state index contributed by atoms with van der Waals surface area (Å²) in [4.78, 5) is -0.297. The van der Waals surface area contributed by atoms with Gasteiger partial charge in [-0.15, -0.1) is 0 Å². The third-order valence-electron chi connectivity index (χ3n) is 4.45. The smallest absolute Gasteiger partial charge is 0.390 e. The van der Waals surface area contributed by atoms with Crippen LogP contribution in [0.2, 0.25) is 0 Å². The average Bonchev–Trinajstić information content (AvgIpc) is 2.93. The molecule has 0 fully saturated rings. The van der Waals surface area contributed by atoms with Gasteiger partial charge in [-0.25, -0.2) is 12.8 Å². The number of alkyl halides is 3. The monoisotopic (exact) mass is 414 g/mol. The van der Waals surface area contributed by atoms with Crippen LogP contribution in [0.5, 0.6) is 5.75 Å². The summed E-state index contributed by atoms with van der Waals surface area (Å²) in [5.74, 6) is -0.414. The second-order valence-corrected chi connectivity index (χ2v) is 7.99. The van der Waals surface area contributed by atoms with Crippen molar-refractivity contribution in [2.45, 2.75) is 29.6 Å². The zero-order valence-corrected chi connectivity index (χ0v) is 15.3. The Morgan fingerprint density at radius 1 is 1.14 bits per heavy atom. The summed E-state index contributed by atoms with van der Waals surface area (Å²) in [6.07, 6.45) is -6.20. The van der Waals surface area contributed by atoms with Gasteiger partial charge in [0.15, 0.2) is 0 Å². The van der Waals surface area contributed by atoms with Crippen molar-refractivity contribution in [2.75, 3.05) is 7.11 Å². The summed E-state index contributed by atoms with van der Waals surface area (Å²) < 4.78 is 84.9. The summed E-state index contributed by atoms with van der Waals surface area (Å²) in [6, 6.07) is 6.42. The topological polar surface area (TPSA) is 70.4 Å². The van der Waals surface area contributed by atoms with E-state index in [4.69, 9.17) is 4.74 Å². The van der Waals surface area contributed by atoms with Crippen LogP contribution < -0.4 is 4.74 Å². The fraction of sp³-hybridized carbons (Fsp3) is 0.278. The van der Waals surface area contributed by atoms with E-state index in [0.29, 0.717) is 10.1 Å². The summed E-state index contributed by atoms with van der Waals surface area (Å²) in [7, 11) is -3.12. The van der Waals surface area contributed by atoms with E-state index < -0.39 is 40.5 Å². The lowest BCUT2D eigenvalue weighted by Gasteiger charge is -2.27. The van der Waals surface area contributed by atoms with Crippen molar-refractivity contribution in [1.29, 1.82) is 5.26 Å². The van der Waals surface area contributed by atoms with Crippen molar-refractivity contribution >= 4 is 10.0 Å². The molecule has 0 N–H and O–H groups in total. The van der Waals surface area contributed by atoms with Gasteiger partial charge in [0.05, 0.1) is 30.5 Å².